The summed E-state index contributed by atoms with van der Waals surface area (Å²) in [6, 6.07) is 24.9. The Balaban J connectivity index is 1.59. The van der Waals surface area contributed by atoms with Crippen LogP contribution in [0.1, 0.15) is 32.7 Å². The van der Waals surface area contributed by atoms with Crippen LogP contribution in [0.4, 0.5) is 0 Å². The fourth-order valence-electron chi connectivity index (χ4n) is 3.39. The maximum absolute atomic E-state index is 13.2. The van der Waals surface area contributed by atoms with Crippen molar-refractivity contribution in [3.8, 4) is 11.3 Å². The monoisotopic (exact) mass is 430 g/mol. The van der Waals surface area contributed by atoms with Crippen LogP contribution < -0.4 is 0 Å². The Hall–Kier alpha value is -3.37. The molecule has 5 heteroatoms. The van der Waals surface area contributed by atoms with E-state index < -0.39 is 0 Å². The molecular formula is C26H23ClN2O2. The van der Waals surface area contributed by atoms with E-state index in [9.17, 15) is 4.79 Å². The predicted octanol–water partition coefficient (Wildman–Crippen LogP) is 6.45. The van der Waals surface area contributed by atoms with Gasteiger partial charge in [-0.2, -0.15) is 0 Å². The Morgan fingerprint density at radius 1 is 0.903 bits per heavy atom. The smallest absolute Gasteiger partial charge is 0.254 e. The summed E-state index contributed by atoms with van der Waals surface area (Å²) in [5.74, 6) is 0.605. The minimum Gasteiger partial charge on any atom is -0.356 e. The molecule has 0 saturated heterocycles. The first kappa shape index (κ1) is 20.9. The molecule has 156 valence electrons. The molecule has 0 N–H and O–H groups in total. The zero-order chi connectivity index (χ0) is 21.8. The molecule has 0 aliphatic carbocycles. The minimum atomic E-state index is -0.0868. The molecule has 31 heavy (non-hydrogen) atoms. The molecule has 3 aromatic carbocycles. The molecular weight excluding hydrogens is 408 g/mol. The van der Waals surface area contributed by atoms with Crippen molar-refractivity contribution in [2.24, 2.45) is 0 Å². The molecule has 1 heterocycles. The van der Waals surface area contributed by atoms with Crippen molar-refractivity contribution in [2.45, 2.75) is 26.9 Å². The van der Waals surface area contributed by atoms with Gasteiger partial charge in [0.2, 0.25) is 0 Å². The largest absolute Gasteiger partial charge is 0.356 e. The highest BCUT2D eigenvalue weighted by Gasteiger charge is 2.19. The van der Waals surface area contributed by atoms with E-state index in [-0.39, 0.29) is 5.91 Å². The quantitative estimate of drug-likeness (QED) is 0.353. The van der Waals surface area contributed by atoms with Gasteiger partial charge in [-0.15, -0.1) is 0 Å². The molecule has 0 atom stereocenters. The third kappa shape index (κ3) is 5.04. The summed E-state index contributed by atoms with van der Waals surface area (Å²) in [5.41, 5.74) is 5.72. The van der Waals surface area contributed by atoms with Crippen LogP contribution in [-0.2, 0) is 13.1 Å². The van der Waals surface area contributed by atoms with E-state index in [4.69, 9.17) is 16.1 Å². The Kier molecular flexibility index (Phi) is 6.19. The number of halogens is 1. The van der Waals surface area contributed by atoms with Crippen molar-refractivity contribution in [3.05, 3.63) is 112 Å². The summed E-state index contributed by atoms with van der Waals surface area (Å²) >= 11 is 5.99. The van der Waals surface area contributed by atoms with Crippen LogP contribution in [0.25, 0.3) is 11.3 Å². The van der Waals surface area contributed by atoms with E-state index in [1.807, 2.05) is 42.5 Å². The van der Waals surface area contributed by atoms with Crippen LogP contribution in [0.3, 0.4) is 0 Å². The summed E-state index contributed by atoms with van der Waals surface area (Å²) in [7, 11) is 0. The molecule has 0 bridgehead atoms. The van der Waals surface area contributed by atoms with Crippen LogP contribution in [-0.4, -0.2) is 16.0 Å². The second-order valence-electron chi connectivity index (χ2n) is 7.64. The number of carbonyl (C=O) groups is 1. The topological polar surface area (TPSA) is 46.3 Å². The lowest BCUT2D eigenvalue weighted by molar-refractivity contribution is 0.0726. The number of hydrogen-bond acceptors (Lipinski definition) is 3. The lowest BCUT2D eigenvalue weighted by atomic mass is 10.0. The zero-order valence-corrected chi connectivity index (χ0v) is 18.3. The van der Waals surface area contributed by atoms with Gasteiger partial charge in [0.05, 0.1) is 6.54 Å². The number of nitrogens with zero attached hydrogens (tertiary/aromatic N) is 2. The second kappa shape index (κ2) is 9.19. The lowest BCUT2D eigenvalue weighted by Gasteiger charge is -2.22. The summed E-state index contributed by atoms with van der Waals surface area (Å²) < 4.78 is 5.59. The molecule has 4 nitrogen and oxygen atoms in total. The van der Waals surface area contributed by atoms with Crippen LogP contribution in [0.5, 0.6) is 0 Å². The summed E-state index contributed by atoms with van der Waals surface area (Å²) in [4.78, 5) is 15.0. The molecule has 0 fully saturated rings. The first-order chi connectivity index (χ1) is 15.0. The summed E-state index contributed by atoms with van der Waals surface area (Å²) in [6.07, 6.45) is 0. The molecule has 0 aliphatic rings. The maximum atomic E-state index is 13.2. The second-order valence-corrected chi connectivity index (χ2v) is 8.07. The molecule has 0 unspecified atom stereocenters. The van der Waals surface area contributed by atoms with Crippen LogP contribution >= 0.6 is 11.6 Å². The number of aryl methyl sites for hydroxylation is 2. The highest BCUT2D eigenvalue weighted by molar-refractivity contribution is 6.30. The van der Waals surface area contributed by atoms with Crippen molar-refractivity contribution in [1.82, 2.24) is 10.1 Å². The summed E-state index contributed by atoms with van der Waals surface area (Å²) in [5, 5.41) is 4.82. The average Bonchev–Trinajstić information content (AvgIpc) is 3.24. The first-order valence-electron chi connectivity index (χ1n) is 10.1. The standard InChI is InChI=1S/C26H23ClN2O2/c1-18-8-9-22(14-19(18)2)25-15-24(28-31-25)17-29(16-20-6-4-3-5-7-20)26(30)21-10-12-23(27)13-11-21/h3-15H,16-17H2,1-2H3. The number of aromatic nitrogens is 1. The SMILES string of the molecule is Cc1ccc(-c2cc(CN(Cc3ccccc3)C(=O)c3ccc(Cl)cc3)no2)cc1C. The van der Waals surface area contributed by atoms with E-state index in [0.717, 1.165) is 11.1 Å². The molecule has 0 radical (unpaired) electrons. The molecule has 4 rings (SSSR count). The highest BCUT2D eigenvalue weighted by Crippen LogP contribution is 2.24. The number of carbonyl (C=O) groups excluding carboxylic acids is 1. The maximum Gasteiger partial charge on any atom is 0.254 e. The first-order valence-corrected chi connectivity index (χ1v) is 10.5. The summed E-state index contributed by atoms with van der Waals surface area (Å²) in [6.45, 7) is 4.95. The fraction of sp³-hybridized carbons (Fsp3) is 0.154. The van der Waals surface area contributed by atoms with Gasteiger partial charge in [-0.3, -0.25) is 4.79 Å². The molecule has 0 spiro atoms. The molecule has 1 amide bonds. The van der Waals surface area contributed by atoms with Gasteiger partial charge in [0.25, 0.3) is 5.91 Å². The average molecular weight is 431 g/mol. The van der Waals surface area contributed by atoms with Crippen LogP contribution in [0.2, 0.25) is 5.02 Å². The number of hydrogen-bond donors (Lipinski definition) is 0. The lowest BCUT2D eigenvalue weighted by Crippen LogP contribution is -2.30. The van der Waals surface area contributed by atoms with Crippen molar-refractivity contribution >= 4 is 17.5 Å². The van der Waals surface area contributed by atoms with Gasteiger partial charge in [0, 0.05) is 28.8 Å². The number of rotatable bonds is 6. The zero-order valence-electron chi connectivity index (χ0n) is 17.5. The molecule has 4 aromatic rings. The van der Waals surface area contributed by atoms with E-state index in [1.54, 1.807) is 29.2 Å². The van der Waals surface area contributed by atoms with Gasteiger partial charge in [-0.25, -0.2) is 0 Å². The van der Waals surface area contributed by atoms with Crippen molar-refractivity contribution in [2.75, 3.05) is 0 Å². The van der Waals surface area contributed by atoms with Gasteiger partial charge in [-0.1, -0.05) is 59.2 Å². The fourth-order valence-corrected chi connectivity index (χ4v) is 3.52. The van der Waals surface area contributed by atoms with Gasteiger partial charge >= 0.3 is 0 Å². The Labute approximate surface area is 187 Å². The molecule has 0 saturated carbocycles. The third-order valence-corrected chi connectivity index (χ3v) is 5.55. The highest BCUT2D eigenvalue weighted by atomic mass is 35.5. The number of amides is 1. The van der Waals surface area contributed by atoms with E-state index >= 15 is 0 Å². The van der Waals surface area contributed by atoms with Crippen LogP contribution in [0, 0.1) is 13.8 Å². The van der Waals surface area contributed by atoms with E-state index in [0.29, 0.717) is 35.1 Å². The Morgan fingerprint density at radius 2 is 1.65 bits per heavy atom. The van der Waals surface area contributed by atoms with Gasteiger partial charge in [-0.05, 0) is 60.9 Å². The van der Waals surface area contributed by atoms with Gasteiger partial charge in [0.15, 0.2) is 5.76 Å². The van der Waals surface area contributed by atoms with E-state index in [1.165, 1.54) is 11.1 Å². The van der Waals surface area contributed by atoms with Crippen molar-refractivity contribution in [1.29, 1.82) is 0 Å². The predicted molar refractivity (Wildman–Crippen MR) is 123 cm³/mol. The third-order valence-electron chi connectivity index (χ3n) is 5.30. The number of benzene rings is 3. The molecule has 1 aromatic heterocycles. The van der Waals surface area contributed by atoms with E-state index in [2.05, 4.69) is 31.1 Å². The minimum absolute atomic E-state index is 0.0868. The van der Waals surface area contributed by atoms with Crippen LogP contribution in [0.15, 0.2) is 83.4 Å². The van der Waals surface area contributed by atoms with Gasteiger partial charge < -0.3 is 9.42 Å². The Morgan fingerprint density at radius 3 is 2.35 bits per heavy atom. The normalized spacial score (nSPS) is 10.8. The van der Waals surface area contributed by atoms with Gasteiger partial charge in [0.1, 0.15) is 5.69 Å². The van der Waals surface area contributed by atoms with Crippen molar-refractivity contribution in [3.63, 3.8) is 0 Å². The Bertz CT molecular complexity index is 1180. The molecule has 0 aliphatic heterocycles. The van der Waals surface area contributed by atoms with Crippen molar-refractivity contribution < 1.29 is 9.32 Å².